The Balaban J connectivity index is 1.71. The maximum Gasteiger partial charge on any atom is 0.153 e. The minimum atomic E-state index is -0.329. The van der Waals surface area contributed by atoms with Crippen LogP contribution < -0.4 is 11.1 Å². The monoisotopic (exact) mass is 369 g/mol. The highest BCUT2D eigenvalue weighted by Crippen LogP contribution is 2.31. The van der Waals surface area contributed by atoms with E-state index >= 15 is 0 Å². The van der Waals surface area contributed by atoms with Crippen molar-refractivity contribution in [2.24, 2.45) is 0 Å². The molecule has 7 heteroatoms. The van der Waals surface area contributed by atoms with Crippen LogP contribution in [-0.2, 0) is 0 Å². The first-order chi connectivity index (χ1) is 13.5. The normalized spacial score (nSPS) is 11.9. The largest absolute Gasteiger partial charge is 0.398 e. The zero-order valence-corrected chi connectivity index (χ0v) is 15.6. The molecule has 3 heterocycles. The van der Waals surface area contributed by atoms with E-state index in [2.05, 4.69) is 39.4 Å². The highest BCUT2D eigenvalue weighted by Gasteiger charge is 2.09. The standard InChI is InChI=1S/C21H19N7/c1-13-3-5-24-11-17(13)15-7-16-9-21(25-12-18(16)19(23)8-15)26-20-4-6-28(27-20)14(2)10-22/h3-9,11-12,14H,23H2,1-2H3,(H,25,26,27)/t14-/m0/s1. The quantitative estimate of drug-likeness (QED) is 0.522. The van der Waals surface area contributed by atoms with Gasteiger partial charge in [0.2, 0.25) is 0 Å². The molecule has 0 amide bonds. The zero-order valence-electron chi connectivity index (χ0n) is 15.6. The number of nitrogens with one attached hydrogen (secondary N) is 1. The van der Waals surface area contributed by atoms with Gasteiger partial charge in [-0.2, -0.15) is 10.4 Å². The Morgan fingerprint density at radius 2 is 2.04 bits per heavy atom. The van der Waals surface area contributed by atoms with Crippen molar-refractivity contribution in [3.05, 3.63) is 60.7 Å². The van der Waals surface area contributed by atoms with E-state index < -0.39 is 0 Å². The summed E-state index contributed by atoms with van der Waals surface area (Å²) in [5.74, 6) is 1.28. The number of nitrogens with zero attached hydrogens (tertiary/aromatic N) is 5. The van der Waals surface area contributed by atoms with E-state index in [1.54, 1.807) is 30.2 Å². The Kier molecular flexibility index (Phi) is 4.38. The van der Waals surface area contributed by atoms with Crippen LogP contribution in [0, 0.1) is 18.3 Å². The second kappa shape index (κ2) is 7.00. The summed E-state index contributed by atoms with van der Waals surface area (Å²) in [7, 11) is 0. The number of aromatic nitrogens is 4. The van der Waals surface area contributed by atoms with E-state index in [-0.39, 0.29) is 6.04 Å². The fourth-order valence-corrected chi connectivity index (χ4v) is 3.09. The molecule has 1 atom stereocenters. The first-order valence-corrected chi connectivity index (χ1v) is 8.87. The average Bonchev–Trinajstić information content (AvgIpc) is 3.16. The maximum absolute atomic E-state index is 9.01. The zero-order chi connectivity index (χ0) is 19.7. The minimum Gasteiger partial charge on any atom is -0.398 e. The van der Waals surface area contributed by atoms with E-state index in [0.29, 0.717) is 17.3 Å². The van der Waals surface area contributed by atoms with Crippen molar-refractivity contribution < 1.29 is 0 Å². The number of nitrogens with two attached hydrogens (primary N) is 1. The predicted molar refractivity (Wildman–Crippen MR) is 110 cm³/mol. The lowest BCUT2D eigenvalue weighted by molar-refractivity contribution is 0.593. The van der Waals surface area contributed by atoms with Gasteiger partial charge in [0.25, 0.3) is 0 Å². The minimum absolute atomic E-state index is 0.329. The Morgan fingerprint density at radius 3 is 2.82 bits per heavy atom. The van der Waals surface area contributed by atoms with E-state index in [1.165, 1.54) is 0 Å². The van der Waals surface area contributed by atoms with E-state index in [4.69, 9.17) is 11.0 Å². The van der Waals surface area contributed by atoms with Crippen molar-refractivity contribution in [1.29, 1.82) is 5.26 Å². The predicted octanol–water partition coefficient (Wildman–Crippen LogP) is 4.21. The number of rotatable bonds is 4. The first-order valence-electron chi connectivity index (χ1n) is 8.87. The molecule has 0 aliphatic carbocycles. The topological polar surface area (TPSA) is 105 Å². The van der Waals surface area contributed by atoms with Crippen LogP contribution >= 0.6 is 0 Å². The van der Waals surface area contributed by atoms with E-state index in [1.807, 2.05) is 30.5 Å². The van der Waals surface area contributed by atoms with Gasteiger partial charge in [0.15, 0.2) is 5.82 Å². The lowest BCUT2D eigenvalue weighted by Crippen LogP contribution is -2.04. The Labute approximate surface area is 162 Å². The van der Waals surface area contributed by atoms with Gasteiger partial charge in [0, 0.05) is 47.5 Å². The Hall–Kier alpha value is -3.92. The molecule has 3 aromatic heterocycles. The molecular formula is C21H19N7. The molecule has 0 saturated carbocycles. The number of nitrogen functional groups attached to an aromatic ring is 1. The summed E-state index contributed by atoms with van der Waals surface area (Å²) in [5, 5.41) is 18.4. The lowest BCUT2D eigenvalue weighted by atomic mass is 9.99. The van der Waals surface area contributed by atoms with Gasteiger partial charge in [-0.15, -0.1) is 0 Å². The van der Waals surface area contributed by atoms with Crippen molar-refractivity contribution in [1.82, 2.24) is 19.7 Å². The number of fused-ring (bicyclic) bond motifs is 1. The summed E-state index contributed by atoms with van der Waals surface area (Å²) in [4.78, 5) is 8.67. The van der Waals surface area contributed by atoms with Gasteiger partial charge in [-0.3, -0.25) is 9.67 Å². The molecule has 3 N–H and O–H groups in total. The number of pyridine rings is 2. The second-order valence-electron chi connectivity index (χ2n) is 6.66. The molecule has 4 rings (SSSR count). The van der Waals surface area contributed by atoms with Crippen molar-refractivity contribution >= 4 is 28.1 Å². The molecule has 1 aromatic carbocycles. The Morgan fingerprint density at radius 1 is 1.18 bits per heavy atom. The maximum atomic E-state index is 9.01. The van der Waals surface area contributed by atoms with Gasteiger partial charge in [0.1, 0.15) is 11.9 Å². The van der Waals surface area contributed by atoms with Crippen LogP contribution in [0.2, 0.25) is 0 Å². The molecule has 28 heavy (non-hydrogen) atoms. The van der Waals surface area contributed by atoms with Gasteiger partial charge in [0.05, 0.1) is 6.07 Å². The third-order valence-electron chi connectivity index (χ3n) is 4.67. The summed E-state index contributed by atoms with van der Waals surface area (Å²) >= 11 is 0. The van der Waals surface area contributed by atoms with Crippen LogP contribution in [-0.4, -0.2) is 19.7 Å². The van der Waals surface area contributed by atoms with Crippen LogP contribution in [0.4, 0.5) is 17.3 Å². The molecule has 7 nitrogen and oxygen atoms in total. The fraction of sp³-hybridized carbons (Fsp3) is 0.143. The molecule has 138 valence electrons. The molecule has 0 radical (unpaired) electrons. The fourth-order valence-electron chi connectivity index (χ4n) is 3.09. The molecule has 0 saturated heterocycles. The van der Waals surface area contributed by atoms with Gasteiger partial charge in [-0.1, -0.05) is 0 Å². The SMILES string of the molecule is Cc1ccncc1-c1cc(N)c2cnc(Nc3ccn([C@@H](C)C#N)n3)cc2c1. The number of benzene rings is 1. The number of nitriles is 1. The van der Waals surface area contributed by atoms with Crippen molar-refractivity contribution in [2.75, 3.05) is 11.1 Å². The summed E-state index contributed by atoms with van der Waals surface area (Å²) < 4.78 is 1.60. The summed E-state index contributed by atoms with van der Waals surface area (Å²) in [6, 6.07) is 11.6. The van der Waals surface area contributed by atoms with Gasteiger partial charge >= 0.3 is 0 Å². The third kappa shape index (κ3) is 3.23. The molecule has 0 aliphatic rings. The summed E-state index contributed by atoms with van der Waals surface area (Å²) in [6.07, 6.45) is 7.14. The number of hydrogen-bond acceptors (Lipinski definition) is 6. The molecule has 0 fully saturated rings. The molecule has 0 spiro atoms. The van der Waals surface area contributed by atoms with E-state index in [0.717, 1.165) is 27.5 Å². The average molecular weight is 369 g/mol. The highest BCUT2D eigenvalue weighted by molar-refractivity contribution is 5.97. The van der Waals surface area contributed by atoms with Crippen molar-refractivity contribution in [3.8, 4) is 17.2 Å². The molecule has 0 bridgehead atoms. The van der Waals surface area contributed by atoms with Crippen molar-refractivity contribution in [3.63, 3.8) is 0 Å². The molecular weight excluding hydrogens is 350 g/mol. The van der Waals surface area contributed by atoms with Crippen LogP contribution in [0.3, 0.4) is 0 Å². The molecule has 0 unspecified atom stereocenters. The van der Waals surface area contributed by atoms with Crippen LogP contribution in [0.1, 0.15) is 18.5 Å². The highest BCUT2D eigenvalue weighted by atomic mass is 15.3. The smallest absolute Gasteiger partial charge is 0.153 e. The number of anilines is 3. The first kappa shape index (κ1) is 17.5. The van der Waals surface area contributed by atoms with Crippen LogP contribution in [0.25, 0.3) is 21.9 Å². The molecule has 0 aliphatic heterocycles. The van der Waals surface area contributed by atoms with Crippen LogP contribution in [0.5, 0.6) is 0 Å². The third-order valence-corrected chi connectivity index (χ3v) is 4.67. The van der Waals surface area contributed by atoms with Gasteiger partial charge in [-0.25, -0.2) is 4.98 Å². The molecule has 4 aromatic rings. The Bertz CT molecular complexity index is 1200. The summed E-state index contributed by atoms with van der Waals surface area (Å²) in [6.45, 7) is 3.84. The summed E-state index contributed by atoms with van der Waals surface area (Å²) in [5.41, 5.74) is 10.1. The van der Waals surface area contributed by atoms with Gasteiger partial charge in [-0.05, 0) is 54.6 Å². The van der Waals surface area contributed by atoms with Crippen LogP contribution in [0.15, 0.2) is 55.1 Å². The lowest BCUT2D eigenvalue weighted by Gasteiger charge is -2.10. The van der Waals surface area contributed by atoms with Gasteiger partial charge < -0.3 is 11.1 Å². The number of hydrogen-bond donors (Lipinski definition) is 2. The number of aryl methyl sites for hydroxylation is 1. The van der Waals surface area contributed by atoms with E-state index in [9.17, 15) is 0 Å². The second-order valence-corrected chi connectivity index (χ2v) is 6.66. The van der Waals surface area contributed by atoms with Crippen molar-refractivity contribution in [2.45, 2.75) is 19.9 Å².